The lowest BCUT2D eigenvalue weighted by Crippen LogP contribution is -2.13. The van der Waals surface area contributed by atoms with Crippen LogP contribution >= 0.6 is 0 Å². The highest BCUT2D eigenvalue weighted by Gasteiger charge is 2.35. The minimum atomic E-state index is -0.682. The molecule has 0 aliphatic carbocycles. The molecule has 0 radical (unpaired) electrons. The predicted molar refractivity (Wildman–Crippen MR) is 118 cm³/mol. The topological polar surface area (TPSA) is 18.5 Å². The van der Waals surface area contributed by atoms with E-state index in [0.29, 0.717) is 29.2 Å². The fraction of sp³-hybridized carbons (Fsp3) is 0.280. The SMILES string of the molecule is CCOc1ccc([S+](c2ccc(OCC)cc2)c2c(C)c(F)c(C)c(F)c2C)cc1. The summed E-state index contributed by atoms with van der Waals surface area (Å²) in [5, 5.41) is 0. The van der Waals surface area contributed by atoms with Crippen molar-refractivity contribution in [1.82, 2.24) is 0 Å². The molecule has 0 aromatic heterocycles. The number of rotatable bonds is 7. The Hall–Kier alpha value is -2.53. The van der Waals surface area contributed by atoms with E-state index < -0.39 is 22.5 Å². The molecule has 3 rings (SSSR count). The van der Waals surface area contributed by atoms with Gasteiger partial charge in [-0.3, -0.25) is 0 Å². The van der Waals surface area contributed by atoms with E-state index in [0.717, 1.165) is 21.3 Å². The maximum Gasteiger partial charge on any atom is 0.178 e. The van der Waals surface area contributed by atoms with Crippen molar-refractivity contribution < 1.29 is 18.3 Å². The maximum atomic E-state index is 14.9. The molecule has 0 atom stereocenters. The van der Waals surface area contributed by atoms with Crippen molar-refractivity contribution >= 4 is 10.9 Å². The lowest BCUT2D eigenvalue weighted by molar-refractivity contribution is 0.340. The molecule has 3 aromatic rings. The predicted octanol–water partition coefficient (Wildman–Crippen LogP) is 6.78. The van der Waals surface area contributed by atoms with Gasteiger partial charge in [0.15, 0.2) is 14.7 Å². The van der Waals surface area contributed by atoms with Crippen LogP contribution in [-0.4, -0.2) is 13.2 Å². The van der Waals surface area contributed by atoms with Crippen molar-refractivity contribution in [3.05, 3.63) is 76.9 Å². The summed E-state index contributed by atoms with van der Waals surface area (Å²) in [5.74, 6) is 0.572. The fourth-order valence-electron chi connectivity index (χ4n) is 3.49. The molecule has 3 aromatic carbocycles. The summed E-state index contributed by atoms with van der Waals surface area (Å²) >= 11 is 0. The summed E-state index contributed by atoms with van der Waals surface area (Å²) in [6, 6.07) is 15.5. The van der Waals surface area contributed by atoms with Gasteiger partial charge in [0.2, 0.25) is 0 Å². The van der Waals surface area contributed by atoms with Crippen molar-refractivity contribution in [3.8, 4) is 11.5 Å². The maximum absolute atomic E-state index is 14.9. The van der Waals surface area contributed by atoms with Crippen LogP contribution in [0.4, 0.5) is 8.78 Å². The lowest BCUT2D eigenvalue weighted by Gasteiger charge is -2.16. The van der Waals surface area contributed by atoms with E-state index in [1.807, 2.05) is 62.4 Å². The van der Waals surface area contributed by atoms with Crippen LogP contribution in [0.3, 0.4) is 0 Å². The van der Waals surface area contributed by atoms with Gasteiger partial charge in [-0.05, 0) is 83.1 Å². The molecular formula is C25H27F2O2S+. The number of ether oxygens (including phenoxy) is 2. The Bertz CT molecular complexity index is 936. The van der Waals surface area contributed by atoms with E-state index in [2.05, 4.69) is 0 Å². The van der Waals surface area contributed by atoms with Gasteiger partial charge in [0.1, 0.15) is 34.0 Å². The van der Waals surface area contributed by atoms with Crippen LogP contribution in [0.1, 0.15) is 30.5 Å². The van der Waals surface area contributed by atoms with E-state index >= 15 is 0 Å². The Balaban J connectivity index is 2.20. The first kappa shape index (κ1) is 22.2. The molecule has 0 heterocycles. The van der Waals surface area contributed by atoms with E-state index in [1.54, 1.807) is 13.8 Å². The quantitative estimate of drug-likeness (QED) is 0.385. The monoisotopic (exact) mass is 429 g/mol. The molecule has 0 N–H and O–H groups in total. The van der Waals surface area contributed by atoms with Gasteiger partial charge in [0, 0.05) is 16.7 Å². The summed E-state index contributed by atoms with van der Waals surface area (Å²) in [4.78, 5) is 2.62. The molecular weight excluding hydrogens is 402 g/mol. The third-order valence-electron chi connectivity index (χ3n) is 4.94. The van der Waals surface area contributed by atoms with Crippen LogP contribution in [0.2, 0.25) is 0 Å². The van der Waals surface area contributed by atoms with E-state index in [1.165, 1.54) is 6.92 Å². The Morgan fingerprint density at radius 1 is 0.633 bits per heavy atom. The Morgan fingerprint density at radius 2 is 1.00 bits per heavy atom. The molecule has 0 aliphatic heterocycles. The summed E-state index contributed by atoms with van der Waals surface area (Å²) in [6.07, 6.45) is 0. The van der Waals surface area contributed by atoms with Crippen LogP contribution in [0.15, 0.2) is 63.2 Å². The highest BCUT2D eigenvalue weighted by molar-refractivity contribution is 7.97. The van der Waals surface area contributed by atoms with Crippen LogP contribution in [0.5, 0.6) is 11.5 Å². The Kier molecular flexibility index (Phi) is 7.03. The average Bonchev–Trinajstić information content (AvgIpc) is 2.76. The second-order valence-corrected chi connectivity index (χ2v) is 8.91. The van der Waals surface area contributed by atoms with Crippen molar-refractivity contribution in [1.29, 1.82) is 0 Å². The van der Waals surface area contributed by atoms with Crippen LogP contribution in [0, 0.1) is 32.4 Å². The third kappa shape index (κ3) is 4.31. The van der Waals surface area contributed by atoms with E-state index in [-0.39, 0.29) is 5.56 Å². The molecule has 0 fully saturated rings. The van der Waals surface area contributed by atoms with Gasteiger partial charge in [-0.1, -0.05) is 0 Å². The molecule has 0 aliphatic rings. The van der Waals surface area contributed by atoms with Gasteiger partial charge in [0.05, 0.1) is 13.2 Å². The average molecular weight is 430 g/mol. The highest BCUT2D eigenvalue weighted by atomic mass is 32.2. The van der Waals surface area contributed by atoms with Crippen molar-refractivity contribution in [2.45, 2.75) is 49.3 Å². The molecule has 158 valence electrons. The minimum absolute atomic E-state index is 0.0655. The molecule has 0 amide bonds. The smallest absolute Gasteiger partial charge is 0.178 e. The molecule has 0 saturated carbocycles. The summed E-state index contributed by atoms with van der Waals surface area (Å²) in [7, 11) is -0.682. The number of halogens is 2. The van der Waals surface area contributed by atoms with E-state index in [9.17, 15) is 8.78 Å². The van der Waals surface area contributed by atoms with Gasteiger partial charge in [0.25, 0.3) is 0 Å². The molecule has 0 spiro atoms. The van der Waals surface area contributed by atoms with Crippen LogP contribution < -0.4 is 9.47 Å². The van der Waals surface area contributed by atoms with Gasteiger partial charge in [-0.2, -0.15) is 0 Å². The normalized spacial score (nSPS) is 11.1. The second kappa shape index (κ2) is 9.52. The van der Waals surface area contributed by atoms with Gasteiger partial charge in [-0.25, -0.2) is 8.78 Å². The number of hydrogen-bond donors (Lipinski definition) is 0. The Morgan fingerprint density at radius 3 is 1.33 bits per heavy atom. The molecule has 0 unspecified atom stereocenters. The van der Waals surface area contributed by atoms with Crippen molar-refractivity contribution in [3.63, 3.8) is 0 Å². The molecule has 0 bridgehead atoms. The first-order chi connectivity index (χ1) is 14.4. The van der Waals surface area contributed by atoms with Gasteiger partial charge < -0.3 is 9.47 Å². The summed E-state index contributed by atoms with van der Waals surface area (Å²) in [6.45, 7) is 9.97. The van der Waals surface area contributed by atoms with Crippen LogP contribution in [0.25, 0.3) is 0 Å². The highest BCUT2D eigenvalue weighted by Crippen LogP contribution is 2.39. The lowest BCUT2D eigenvalue weighted by atomic mass is 10.1. The number of benzene rings is 3. The number of hydrogen-bond acceptors (Lipinski definition) is 2. The fourth-order valence-corrected chi connectivity index (χ4v) is 5.85. The zero-order valence-corrected chi connectivity index (χ0v) is 18.8. The van der Waals surface area contributed by atoms with Gasteiger partial charge in [-0.15, -0.1) is 0 Å². The van der Waals surface area contributed by atoms with Gasteiger partial charge >= 0.3 is 0 Å². The zero-order chi connectivity index (χ0) is 21.8. The Labute approximate surface area is 180 Å². The molecule has 30 heavy (non-hydrogen) atoms. The molecule has 0 saturated heterocycles. The first-order valence-electron chi connectivity index (χ1n) is 10.0. The molecule has 5 heteroatoms. The third-order valence-corrected chi connectivity index (χ3v) is 7.45. The largest absolute Gasteiger partial charge is 0.494 e. The van der Waals surface area contributed by atoms with Crippen molar-refractivity contribution in [2.24, 2.45) is 0 Å². The van der Waals surface area contributed by atoms with Crippen molar-refractivity contribution in [2.75, 3.05) is 13.2 Å². The van der Waals surface area contributed by atoms with E-state index in [4.69, 9.17) is 9.47 Å². The van der Waals surface area contributed by atoms with Crippen LogP contribution in [-0.2, 0) is 10.9 Å². The zero-order valence-electron chi connectivity index (χ0n) is 18.0. The standard InChI is InChI=1S/C25H27F2O2S/c1-6-28-19-8-12-21(13-9-19)30(22-14-10-20(11-15-22)29-7-2)25-17(4)23(26)16(3)24(27)18(25)5/h8-15H,6-7H2,1-5H3/q+1. The second-order valence-electron chi connectivity index (χ2n) is 6.95. The molecule has 2 nitrogen and oxygen atoms in total. The minimum Gasteiger partial charge on any atom is -0.494 e. The summed E-state index contributed by atoms with van der Waals surface area (Å²) in [5.41, 5.74) is 1.03. The summed E-state index contributed by atoms with van der Waals surface area (Å²) < 4.78 is 40.9. The first-order valence-corrected chi connectivity index (χ1v) is 11.3.